The van der Waals surface area contributed by atoms with E-state index in [1.807, 2.05) is 6.92 Å². The third kappa shape index (κ3) is 4.33. The van der Waals surface area contributed by atoms with Gasteiger partial charge >= 0.3 is 0 Å². The Morgan fingerprint density at radius 1 is 1.53 bits per heavy atom. The summed E-state index contributed by atoms with van der Waals surface area (Å²) in [5, 5.41) is 9.68. The molecule has 1 rings (SSSR count). The Hall–Kier alpha value is -0.520. The van der Waals surface area contributed by atoms with Crippen LogP contribution in [0.5, 0.6) is 11.5 Å². The lowest BCUT2D eigenvalue weighted by molar-refractivity contribution is 0.316. The SMILES string of the molecule is CCOc1cc([C@H](N)CCF)cc(Br)c1O.Cl. The molecule has 0 amide bonds. The molecule has 0 radical (unpaired) electrons. The third-order valence-electron chi connectivity index (χ3n) is 2.20. The van der Waals surface area contributed by atoms with Gasteiger partial charge in [0.1, 0.15) is 0 Å². The Morgan fingerprint density at radius 2 is 2.18 bits per heavy atom. The van der Waals surface area contributed by atoms with Gasteiger partial charge < -0.3 is 15.6 Å². The monoisotopic (exact) mass is 327 g/mol. The molecule has 0 bridgehead atoms. The van der Waals surface area contributed by atoms with Gasteiger partial charge in [-0.15, -0.1) is 12.4 Å². The topological polar surface area (TPSA) is 55.5 Å². The number of phenolic OH excluding ortho intramolecular Hbond substituents is 1. The number of halogens is 3. The van der Waals surface area contributed by atoms with Crippen LogP contribution in [0.2, 0.25) is 0 Å². The van der Waals surface area contributed by atoms with E-state index < -0.39 is 6.67 Å². The van der Waals surface area contributed by atoms with Crippen molar-refractivity contribution in [3.05, 3.63) is 22.2 Å². The second-order valence-electron chi connectivity index (χ2n) is 3.37. The van der Waals surface area contributed by atoms with E-state index in [9.17, 15) is 9.50 Å². The molecule has 17 heavy (non-hydrogen) atoms. The predicted octanol–water partition coefficient (Wildman–Crippen LogP) is 3.33. The maximum Gasteiger partial charge on any atom is 0.172 e. The maximum atomic E-state index is 12.2. The molecule has 1 atom stereocenters. The molecule has 0 aliphatic carbocycles. The van der Waals surface area contributed by atoms with Gasteiger partial charge in [0.25, 0.3) is 0 Å². The third-order valence-corrected chi connectivity index (χ3v) is 2.80. The number of ether oxygens (including phenoxy) is 1. The standard InChI is InChI=1S/C11H15BrFNO2.ClH/c1-2-16-10-6-7(9(14)3-4-13)5-8(12)11(10)15;/h5-6,9,15H,2-4,14H2,1H3;1H/t9-;/m1./s1. The van der Waals surface area contributed by atoms with Crippen molar-refractivity contribution in [1.29, 1.82) is 0 Å². The predicted molar refractivity (Wildman–Crippen MR) is 71.7 cm³/mol. The lowest BCUT2D eigenvalue weighted by atomic mass is 10.0. The largest absolute Gasteiger partial charge is 0.503 e. The van der Waals surface area contributed by atoms with Gasteiger partial charge in [0.2, 0.25) is 0 Å². The van der Waals surface area contributed by atoms with Crippen molar-refractivity contribution in [2.24, 2.45) is 5.73 Å². The zero-order valence-corrected chi connectivity index (χ0v) is 11.9. The summed E-state index contributed by atoms with van der Waals surface area (Å²) in [5.41, 5.74) is 6.53. The van der Waals surface area contributed by atoms with Crippen LogP contribution in [0.25, 0.3) is 0 Å². The van der Waals surface area contributed by atoms with Gasteiger partial charge in [-0.3, -0.25) is 4.39 Å². The van der Waals surface area contributed by atoms with E-state index in [1.165, 1.54) is 0 Å². The van der Waals surface area contributed by atoms with E-state index in [1.54, 1.807) is 12.1 Å². The van der Waals surface area contributed by atoms with Gasteiger partial charge in [-0.05, 0) is 47.0 Å². The molecule has 0 aliphatic rings. The molecule has 3 N–H and O–H groups in total. The van der Waals surface area contributed by atoms with E-state index in [0.717, 1.165) is 5.56 Å². The Labute approximate surface area is 115 Å². The fourth-order valence-electron chi connectivity index (χ4n) is 1.36. The second-order valence-corrected chi connectivity index (χ2v) is 4.22. The van der Waals surface area contributed by atoms with Crippen LogP contribution in [0.4, 0.5) is 4.39 Å². The van der Waals surface area contributed by atoms with E-state index in [2.05, 4.69) is 15.9 Å². The first kappa shape index (κ1) is 16.5. The number of phenols is 1. The molecule has 0 saturated heterocycles. The molecule has 0 fully saturated rings. The van der Waals surface area contributed by atoms with Gasteiger partial charge in [0, 0.05) is 6.04 Å². The first-order valence-corrected chi connectivity index (χ1v) is 5.86. The van der Waals surface area contributed by atoms with Crippen molar-refractivity contribution in [3.8, 4) is 11.5 Å². The second kappa shape index (κ2) is 7.74. The van der Waals surface area contributed by atoms with Crippen molar-refractivity contribution in [1.82, 2.24) is 0 Å². The van der Waals surface area contributed by atoms with Crippen LogP contribution in [-0.4, -0.2) is 18.4 Å². The Kier molecular flexibility index (Phi) is 7.50. The van der Waals surface area contributed by atoms with Crippen molar-refractivity contribution in [2.45, 2.75) is 19.4 Å². The average Bonchev–Trinajstić information content (AvgIpc) is 2.25. The molecule has 3 nitrogen and oxygen atoms in total. The van der Waals surface area contributed by atoms with Crippen molar-refractivity contribution in [2.75, 3.05) is 13.3 Å². The summed E-state index contributed by atoms with van der Waals surface area (Å²) in [6.07, 6.45) is 0.253. The van der Waals surface area contributed by atoms with Crippen molar-refractivity contribution >= 4 is 28.3 Å². The molecule has 6 heteroatoms. The van der Waals surface area contributed by atoms with Gasteiger partial charge in [-0.1, -0.05) is 0 Å². The zero-order valence-electron chi connectivity index (χ0n) is 9.45. The molecule has 0 unspecified atom stereocenters. The summed E-state index contributed by atoms with van der Waals surface area (Å²) >= 11 is 3.21. The molecule has 0 saturated carbocycles. The quantitative estimate of drug-likeness (QED) is 0.871. The number of rotatable bonds is 5. The summed E-state index contributed by atoms with van der Waals surface area (Å²) in [6.45, 7) is 1.80. The smallest absolute Gasteiger partial charge is 0.172 e. The Morgan fingerprint density at radius 3 is 2.71 bits per heavy atom. The van der Waals surface area contributed by atoms with E-state index >= 15 is 0 Å². The van der Waals surface area contributed by atoms with Crippen LogP contribution in [0.1, 0.15) is 24.9 Å². The highest BCUT2D eigenvalue weighted by Gasteiger charge is 2.13. The highest BCUT2D eigenvalue weighted by atomic mass is 79.9. The van der Waals surface area contributed by atoms with E-state index in [-0.39, 0.29) is 30.6 Å². The summed E-state index contributed by atoms with van der Waals surface area (Å²) in [6, 6.07) is 2.93. The van der Waals surface area contributed by atoms with Crippen LogP contribution in [0.15, 0.2) is 16.6 Å². The minimum Gasteiger partial charge on any atom is -0.503 e. The van der Waals surface area contributed by atoms with Crippen LogP contribution in [0.3, 0.4) is 0 Å². The van der Waals surface area contributed by atoms with Gasteiger partial charge in [-0.25, -0.2) is 0 Å². The number of hydrogen-bond donors (Lipinski definition) is 2. The van der Waals surface area contributed by atoms with Gasteiger partial charge in [0.15, 0.2) is 11.5 Å². The van der Waals surface area contributed by atoms with E-state index in [4.69, 9.17) is 10.5 Å². The number of aromatic hydroxyl groups is 1. The Balaban J connectivity index is 0.00000256. The van der Waals surface area contributed by atoms with E-state index in [0.29, 0.717) is 16.8 Å². The highest BCUT2D eigenvalue weighted by Crippen LogP contribution is 2.37. The molecule has 1 aromatic rings. The first-order chi connectivity index (χ1) is 7.60. The number of nitrogens with two attached hydrogens (primary N) is 1. The summed E-state index contributed by atoms with van der Waals surface area (Å²) in [4.78, 5) is 0. The Bertz CT molecular complexity index is 366. The molecule has 1 aromatic carbocycles. The van der Waals surface area contributed by atoms with Crippen LogP contribution in [-0.2, 0) is 0 Å². The molecule has 0 spiro atoms. The van der Waals surface area contributed by atoms with Crippen LogP contribution >= 0.6 is 28.3 Å². The lowest BCUT2D eigenvalue weighted by Crippen LogP contribution is -2.11. The molecule has 0 heterocycles. The summed E-state index contributed by atoms with van der Waals surface area (Å²) in [5.74, 6) is 0.402. The first-order valence-electron chi connectivity index (χ1n) is 5.06. The maximum absolute atomic E-state index is 12.2. The van der Waals surface area contributed by atoms with Crippen molar-refractivity contribution < 1.29 is 14.2 Å². The fourth-order valence-corrected chi connectivity index (χ4v) is 1.82. The zero-order chi connectivity index (χ0) is 12.1. The van der Waals surface area contributed by atoms with Gasteiger partial charge in [0.05, 0.1) is 17.8 Å². The summed E-state index contributed by atoms with van der Waals surface area (Å²) in [7, 11) is 0. The molecular weight excluding hydrogens is 312 g/mol. The van der Waals surface area contributed by atoms with Crippen LogP contribution < -0.4 is 10.5 Å². The summed E-state index contributed by atoms with van der Waals surface area (Å²) < 4.78 is 17.9. The van der Waals surface area contributed by atoms with Crippen LogP contribution in [0, 0.1) is 0 Å². The number of alkyl halides is 1. The minimum absolute atomic E-state index is 0. The molecular formula is C11H16BrClFNO2. The lowest BCUT2D eigenvalue weighted by Gasteiger charge is -2.14. The fraction of sp³-hybridized carbons (Fsp3) is 0.455. The molecule has 0 aromatic heterocycles. The van der Waals surface area contributed by atoms with Crippen molar-refractivity contribution in [3.63, 3.8) is 0 Å². The number of benzene rings is 1. The average molecular weight is 329 g/mol. The molecule has 0 aliphatic heterocycles. The molecule has 98 valence electrons. The number of hydrogen-bond acceptors (Lipinski definition) is 3. The minimum atomic E-state index is -0.469. The highest BCUT2D eigenvalue weighted by molar-refractivity contribution is 9.10. The van der Waals surface area contributed by atoms with Gasteiger partial charge in [-0.2, -0.15) is 0 Å². The normalized spacial score (nSPS) is 11.8.